The van der Waals surface area contributed by atoms with E-state index in [1.165, 1.54) is 0 Å². The highest BCUT2D eigenvalue weighted by Gasteiger charge is 2.17. The van der Waals surface area contributed by atoms with Crippen molar-refractivity contribution in [2.75, 3.05) is 0 Å². The van der Waals surface area contributed by atoms with Crippen molar-refractivity contribution in [1.29, 1.82) is 0 Å². The van der Waals surface area contributed by atoms with Crippen molar-refractivity contribution in [3.8, 4) is 11.1 Å². The summed E-state index contributed by atoms with van der Waals surface area (Å²) in [7, 11) is 24.7. The third-order valence-corrected chi connectivity index (χ3v) is 5.12. The van der Waals surface area contributed by atoms with Crippen molar-refractivity contribution < 1.29 is 4.42 Å². The monoisotopic (exact) mass is 362 g/mol. The normalized spacial score (nSPS) is 11.4. The average Bonchev–Trinajstić information content (AvgIpc) is 2.98. The van der Waals surface area contributed by atoms with E-state index in [2.05, 4.69) is 15.9 Å². The Morgan fingerprint density at radius 2 is 1.33 bits per heavy atom. The molecule has 1 nitrogen and oxygen atoms in total. The maximum absolute atomic E-state index is 6.27. The summed E-state index contributed by atoms with van der Waals surface area (Å²) in [4.78, 5) is 0. The van der Waals surface area contributed by atoms with Gasteiger partial charge in [-0.3, -0.25) is 0 Å². The molecule has 0 fully saturated rings. The number of fused-ring (bicyclic) bond motifs is 3. The fourth-order valence-corrected chi connectivity index (χ4v) is 3.50. The van der Waals surface area contributed by atoms with Crippen LogP contribution in [-0.2, 0) is 0 Å². The summed E-state index contributed by atoms with van der Waals surface area (Å²) in [5.74, 6) is 0. The summed E-state index contributed by atoms with van der Waals surface area (Å²) in [5.41, 5.74) is 4.58. The third-order valence-electron chi connectivity index (χ3n) is 4.26. The molecule has 6 heteroatoms. The van der Waals surface area contributed by atoms with Gasteiger partial charge in [0.15, 0.2) is 0 Å². The second kappa shape index (κ2) is 5.63. The molecule has 4 rings (SSSR count). The highest BCUT2D eigenvalue weighted by molar-refractivity contribution is 9.10. The summed E-state index contributed by atoms with van der Waals surface area (Å²) < 4.78 is 6.44. The lowest BCUT2D eigenvalue weighted by atomic mass is 9.66. The van der Waals surface area contributed by atoms with Gasteiger partial charge in [-0.15, -0.1) is 0 Å². The van der Waals surface area contributed by atoms with Crippen LogP contribution in [0.3, 0.4) is 0 Å². The molecule has 4 aromatic rings. The van der Waals surface area contributed by atoms with Gasteiger partial charge >= 0.3 is 0 Å². The van der Waals surface area contributed by atoms with Gasteiger partial charge in [0.25, 0.3) is 0 Å². The molecule has 0 aliphatic rings. The summed E-state index contributed by atoms with van der Waals surface area (Å²) in [5, 5.41) is 1.93. The summed E-state index contributed by atoms with van der Waals surface area (Å²) in [6.07, 6.45) is 0. The maximum atomic E-state index is 6.27. The third kappa shape index (κ3) is 2.12. The van der Waals surface area contributed by atoms with Crippen LogP contribution in [0.25, 0.3) is 33.1 Å². The Hall–Kier alpha value is -1.80. The minimum atomic E-state index is 0.376. The van der Waals surface area contributed by atoms with Crippen molar-refractivity contribution >= 4 is 91.1 Å². The number of rotatable bonds is 1. The first-order valence-electron chi connectivity index (χ1n) is 7.32. The second-order valence-electron chi connectivity index (χ2n) is 5.62. The molecule has 24 heavy (non-hydrogen) atoms. The molecule has 104 valence electrons. The molecule has 1 aromatic heterocycles. The van der Waals surface area contributed by atoms with Crippen LogP contribution >= 0.6 is 15.9 Å². The Balaban J connectivity index is 2.20. The predicted octanol–water partition coefficient (Wildman–Crippen LogP) is 1.19. The van der Waals surface area contributed by atoms with E-state index in [0.29, 0.717) is 31.9 Å². The molecule has 0 spiro atoms. The SMILES string of the molecule is [B]c1c([B])c(-c2cccc3oc4ccccc4c23)c([B])c([B])c1Br. The zero-order chi connectivity index (χ0) is 17.0. The standard InChI is InChI=1S/C18H7B4BrO/c19-14-13(15(20)17(22)18(23)16(14)21)9-5-3-7-11-12(9)8-4-1-2-6-10(8)24-11/h1-7H. The Bertz CT molecular complexity index is 1090. The van der Waals surface area contributed by atoms with Gasteiger partial charge in [0.1, 0.15) is 42.6 Å². The quantitative estimate of drug-likeness (QED) is 0.464. The average molecular weight is 362 g/mol. The van der Waals surface area contributed by atoms with E-state index in [4.69, 9.17) is 35.8 Å². The number of furan rings is 1. The molecule has 1 heterocycles. The van der Waals surface area contributed by atoms with Crippen LogP contribution in [0.15, 0.2) is 51.4 Å². The molecule has 0 aliphatic heterocycles. The molecule has 0 saturated carbocycles. The van der Waals surface area contributed by atoms with Crippen LogP contribution in [0.5, 0.6) is 0 Å². The number of para-hydroxylation sites is 1. The van der Waals surface area contributed by atoms with E-state index in [-0.39, 0.29) is 0 Å². The van der Waals surface area contributed by atoms with Crippen LogP contribution < -0.4 is 21.9 Å². The Morgan fingerprint density at radius 3 is 2.04 bits per heavy atom. The van der Waals surface area contributed by atoms with E-state index in [1.54, 1.807) is 0 Å². The molecule has 0 aliphatic carbocycles. The van der Waals surface area contributed by atoms with Crippen molar-refractivity contribution in [2.24, 2.45) is 0 Å². The number of benzene rings is 3. The van der Waals surface area contributed by atoms with Gasteiger partial charge in [-0.1, -0.05) is 68.1 Å². The largest absolute Gasteiger partial charge is 0.456 e. The topological polar surface area (TPSA) is 13.1 Å². The maximum Gasteiger partial charge on any atom is 0.136 e. The van der Waals surface area contributed by atoms with E-state index in [1.807, 2.05) is 42.5 Å². The van der Waals surface area contributed by atoms with Crippen molar-refractivity contribution in [3.63, 3.8) is 0 Å². The zero-order valence-corrected chi connectivity index (χ0v) is 14.2. The van der Waals surface area contributed by atoms with E-state index in [9.17, 15) is 0 Å². The zero-order valence-electron chi connectivity index (χ0n) is 12.6. The molecule has 0 amide bonds. The first kappa shape index (κ1) is 15.7. The van der Waals surface area contributed by atoms with Crippen molar-refractivity contribution in [3.05, 3.63) is 46.9 Å². The fourth-order valence-electron chi connectivity index (χ4n) is 3.07. The fraction of sp³-hybridized carbons (Fsp3) is 0. The molecule has 0 atom stereocenters. The van der Waals surface area contributed by atoms with Crippen LogP contribution in [0.2, 0.25) is 0 Å². The minimum absolute atomic E-state index is 0.376. The van der Waals surface area contributed by atoms with Gasteiger partial charge < -0.3 is 4.42 Å². The highest BCUT2D eigenvalue weighted by Crippen LogP contribution is 2.35. The van der Waals surface area contributed by atoms with Crippen molar-refractivity contribution in [2.45, 2.75) is 0 Å². The Labute approximate surface area is 153 Å². The lowest BCUT2D eigenvalue weighted by Gasteiger charge is -2.20. The first-order valence-corrected chi connectivity index (χ1v) is 8.12. The number of hydrogen-bond acceptors (Lipinski definition) is 1. The minimum Gasteiger partial charge on any atom is -0.456 e. The van der Waals surface area contributed by atoms with Crippen molar-refractivity contribution in [1.82, 2.24) is 0 Å². The molecule has 0 saturated heterocycles. The number of hydrogen-bond donors (Lipinski definition) is 0. The van der Waals surface area contributed by atoms with Gasteiger partial charge in [-0.05, 0) is 23.3 Å². The van der Waals surface area contributed by atoms with Crippen LogP contribution in [0, 0.1) is 0 Å². The van der Waals surface area contributed by atoms with E-state index >= 15 is 0 Å². The smallest absolute Gasteiger partial charge is 0.136 e. The second-order valence-corrected chi connectivity index (χ2v) is 6.41. The summed E-state index contributed by atoms with van der Waals surface area (Å²) in [6, 6.07) is 13.6. The molecule has 0 N–H and O–H groups in total. The molecule has 3 aromatic carbocycles. The first-order chi connectivity index (χ1) is 11.5. The molecular formula is C18H7B4BrO. The number of halogens is 1. The summed E-state index contributed by atoms with van der Waals surface area (Å²) in [6.45, 7) is 0. The molecular weight excluding hydrogens is 355 g/mol. The van der Waals surface area contributed by atoms with Gasteiger partial charge in [0.05, 0.1) is 0 Å². The Morgan fingerprint density at radius 1 is 0.708 bits per heavy atom. The predicted molar refractivity (Wildman–Crippen MR) is 108 cm³/mol. The van der Waals surface area contributed by atoms with E-state index in [0.717, 1.165) is 27.5 Å². The van der Waals surface area contributed by atoms with Crippen LogP contribution in [0.4, 0.5) is 0 Å². The molecule has 8 radical (unpaired) electrons. The Kier molecular flexibility index (Phi) is 3.69. The lowest BCUT2D eigenvalue weighted by molar-refractivity contribution is 0.669. The van der Waals surface area contributed by atoms with Gasteiger partial charge in [0, 0.05) is 15.2 Å². The van der Waals surface area contributed by atoms with Gasteiger partial charge in [-0.2, -0.15) is 0 Å². The molecule has 0 unspecified atom stereocenters. The van der Waals surface area contributed by atoms with E-state index < -0.39 is 0 Å². The summed E-state index contributed by atoms with van der Waals surface area (Å²) >= 11 is 3.34. The lowest BCUT2D eigenvalue weighted by Crippen LogP contribution is -2.43. The van der Waals surface area contributed by atoms with Gasteiger partial charge in [-0.25, -0.2) is 0 Å². The van der Waals surface area contributed by atoms with Crippen LogP contribution in [-0.4, -0.2) is 31.4 Å². The molecule has 0 bridgehead atoms. The highest BCUT2D eigenvalue weighted by atomic mass is 79.9. The van der Waals surface area contributed by atoms with Gasteiger partial charge in [0.2, 0.25) is 0 Å². The van der Waals surface area contributed by atoms with Crippen LogP contribution in [0.1, 0.15) is 0 Å².